The number of carbonyl (C=O) groups is 1. The van der Waals surface area contributed by atoms with Gasteiger partial charge in [0.15, 0.2) is 12.1 Å². The number of rotatable bonds is 4. The van der Waals surface area contributed by atoms with Crippen molar-refractivity contribution in [2.24, 2.45) is 0 Å². The van der Waals surface area contributed by atoms with Gasteiger partial charge >= 0.3 is 0 Å². The van der Waals surface area contributed by atoms with Crippen LogP contribution in [-0.2, 0) is 35.1 Å². The first-order valence-electron chi connectivity index (χ1n) is 9.12. The molecule has 0 aliphatic carbocycles. The Bertz CT molecular complexity index is 695. The highest BCUT2D eigenvalue weighted by Gasteiger charge is 2.60. The van der Waals surface area contributed by atoms with E-state index in [9.17, 15) is 4.79 Å². The first-order valence-corrected chi connectivity index (χ1v) is 9.12. The number of benzene rings is 1. The Morgan fingerprint density at radius 3 is 2.69 bits per heavy atom. The van der Waals surface area contributed by atoms with Crippen LogP contribution in [0.3, 0.4) is 0 Å². The molecule has 0 aromatic heterocycles. The molecule has 0 N–H and O–H groups in total. The Morgan fingerprint density at radius 1 is 1.15 bits per heavy atom. The lowest BCUT2D eigenvalue weighted by Gasteiger charge is -2.31. The van der Waals surface area contributed by atoms with Crippen LogP contribution in [0.2, 0.25) is 0 Å². The van der Waals surface area contributed by atoms with Gasteiger partial charge in [-0.3, -0.25) is 4.79 Å². The lowest BCUT2D eigenvalue weighted by Crippen LogP contribution is -2.49. The summed E-state index contributed by atoms with van der Waals surface area (Å²) in [4.78, 5) is 13.4. The number of nitrogens with zero attached hydrogens (tertiary/aromatic N) is 1. The van der Waals surface area contributed by atoms with Crippen LogP contribution in [0.4, 0.5) is 0 Å². The minimum Gasteiger partial charge on any atom is -0.368 e. The van der Waals surface area contributed by atoms with Gasteiger partial charge in [0.05, 0.1) is 19.6 Å². The highest BCUT2D eigenvalue weighted by Crippen LogP contribution is 2.42. The Kier molecular flexibility index (Phi) is 3.84. The predicted molar refractivity (Wildman–Crippen MR) is 88.7 cm³/mol. The van der Waals surface area contributed by atoms with Gasteiger partial charge in [-0.1, -0.05) is 30.3 Å². The standard InChI is InChI=1S/C19H23NO6/c1-19(2)25-17-16(22-10-11-6-4-3-5-7-11)15(24-18(17)26-19)12-9-20-13(21)8-14(20)23-12/h3-7,12,14-18H,8-10H2,1-2H3/t12-,14+,15-,16+,17-,18-/m1/s1. The normalized spacial score (nSPS) is 40.4. The van der Waals surface area contributed by atoms with Crippen LogP contribution in [0.5, 0.6) is 0 Å². The second kappa shape index (κ2) is 6.00. The average molecular weight is 361 g/mol. The first kappa shape index (κ1) is 16.6. The molecule has 1 aromatic rings. The lowest BCUT2D eigenvalue weighted by molar-refractivity contribution is -0.232. The van der Waals surface area contributed by atoms with E-state index in [1.165, 1.54) is 0 Å². The summed E-state index contributed by atoms with van der Waals surface area (Å²) in [6, 6.07) is 9.99. The largest absolute Gasteiger partial charge is 0.368 e. The van der Waals surface area contributed by atoms with Crippen LogP contribution < -0.4 is 0 Å². The number of hydrogen-bond donors (Lipinski definition) is 0. The van der Waals surface area contributed by atoms with Crippen molar-refractivity contribution in [1.29, 1.82) is 0 Å². The van der Waals surface area contributed by atoms with Crippen LogP contribution in [-0.4, -0.2) is 60.1 Å². The SMILES string of the molecule is CC1(C)O[C@H]2O[C@H]([C@H]3CN4C(=O)C[C@@H]4O3)[C@H](OCc3ccccc3)[C@H]2O1. The molecule has 1 aromatic carbocycles. The molecular weight excluding hydrogens is 338 g/mol. The van der Waals surface area contributed by atoms with Crippen LogP contribution in [0.15, 0.2) is 30.3 Å². The summed E-state index contributed by atoms with van der Waals surface area (Å²) < 4.78 is 30.3. The summed E-state index contributed by atoms with van der Waals surface area (Å²) in [6.45, 7) is 4.72. The molecule has 0 radical (unpaired) electrons. The molecule has 4 aliphatic rings. The number of amides is 1. The molecule has 0 spiro atoms. The first-order chi connectivity index (χ1) is 12.5. The van der Waals surface area contributed by atoms with Crippen LogP contribution in [0.25, 0.3) is 0 Å². The van der Waals surface area contributed by atoms with E-state index >= 15 is 0 Å². The topological polar surface area (TPSA) is 66.5 Å². The minimum absolute atomic E-state index is 0.121. The zero-order chi connectivity index (χ0) is 17.9. The highest BCUT2D eigenvalue weighted by molar-refractivity contribution is 5.83. The Labute approximate surface area is 152 Å². The van der Waals surface area contributed by atoms with Gasteiger partial charge in [0.1, 0.15) is 30.6 Å². The van der Waals surface area contributed by atoms with Gasteiger partial charge in [-0.25, -0.2) is 0 Å². The lowest BCUT2D eigenvalue weighted by atomic mass is 10.0. The number of carbonyl (C=O) groups excluding carboxylic acids is 1. The molecule has 140 valence electrons. The van der Waals surface area contributed by atoms with E-state index in [4.69, 9.17) is 23.7 Å². The molecule has 0 saturated carbocycles. The Balaban J connectivity index is 1.33. The van der Waals surface area contributed by atoms with Gasteiger partial charge in [0, 0.05) is 0 Å². The fraction of sp³-hybridized carbons (Fsp3) is 0.632. The smallest absolute Gasteiger partial charge is 0.229 e. The van der Waals surface area contributed by atoms with Gasteiger partial charge in [0.25, 0.3) is 0 Å². The summed E-state index contributed by atoms with van der Waals surface area (Å²) in [7, 11) is 0. The van der Waals surface area contributed by atoms with Gasteiger partial charge < -0.3 is 28.6 Å². The van der Waals surface area contributed by atoms with E-state index in [0.717, 1.165) is 5.56 Å². The maximum absolute atomic E-state index is 11.7. The number of fused-ring (bicyclic) bond motifs is 2. The fourth-order valence-corrected chi connectivity index (χ4v) is 4.15. The molecule has 7 heteroatoms. The van der Waals surface area contributed by atoms with Crippen molar-refractivity contribution in [1.82, 2.24) is 4.90 Å². The third kappa shape index (κ3) is 2.75. The monoisotopic (exact) mass is 361 g/mol. The molecular formula is C19H23NO6. The maximum Gasteiger partial charge on any atom is 0.229 e. The minimum atomic E-state index is -0.705. The van der Waals surface area contributed by atoms with Crippen molar-refractivity contribution in [3.8, 4) is 0 Å². The Morgan fingerprint density at radius 2 is 1.96 bits per heavy atom. The molecule has 6 atom stereocenters. The van der Waals surface area contributed by atoms with Crippen molar-refractivity contribution in [2.45, 2.75) is 69.6 Å². The number of ether oxygens (including phenoxy) is 5. The molecule has 1 amide bonds. The Hall–Kier alpha value is -1.51. The van der Waals surface area contributed by atoms with Crippen molar-refractivity contribution < 1.29 is 28.5 Å². The highest BCUT2D eigenvalue weighted by atomic mass is 16.8. The molecule has 4 heterocycles. The van der Waals surface area contributed by atoms with E-state index in [1.54, 1.807) is 4.90 Å². The molecule has 4 aliphatic heterocycles. The predicted octanol–water partition coefficient (Wildman–Crippen LogP) is 1.41. The molecule has 7 nitrogen and oxygen atoms in total. The molecule has 4 saturated heterocycles. The summed E-state index contributed by atoms with van der Waals surface area (Å²) in [6.07, 6.45) is -1.35. The molecule has 0 unspecified atom stereocenters. The third-order valence-electron chi connectivity index (χ3n) is 5.40. The van der Waals surface area contributed by atoms with Crippen molar-refractivity contribution in [3.05, 3.63) is 35.9 Å². The van der Waals surface area contributed by atoms with E-state index < -0.39 is 12.1 Å². The van der Waals surface area contributed by atoms with Crippen LogP contribution >= 0.6 is 0 Å². The zero-order valence-electron chi connectivity index (χ0n) is 14.9. The second-order valence-corrected chi connectivity index (χ2v) is 7.71. The summed E-state index contributed by atoms with van der Waals surface area (Å²) in [5.41, 5.74) is 1.08. The van der Waals surface area contributed by atoms with Crippen LogP contribution in [0.1, 0.15) is 25.8 Å². The number of β-lactam (4-membered cyclic amide) rings is 1. The molecule has 5 rings (SSSR count). The van der Waals surface area contributed by atoms with Crippen molar-refractivity contribution >= 4 is 5.91 Å². The zero-order valence-corrected chi connectivity index (χ0v) is 14.9. The maximum atomic E-state index is 11.7. The molecule has 26 heavy (non-hydrogen) atoms. The van der Waals surface area contributed by atoms with E-state index in [0.29, 0.717) is 19.6 Å². The van der Waals surface area contributed by atoms with Gasteiger partial charge in [-0.2, -0.15) is 0 Å². The van der Waals surface area contributed by atoms with Gasteiger partial charge in [-0.05, 0) is 19.4 Å². The molecule has 0 bridgehead atoms. The van der Waals surface area contributed by atoms with Gasteiger partial charge in [-0.15, -0.1) is 0 Å². The van der Waals surface area contributed by atoms with E-state index in [-0.39, 0.29) is 36.6 Å². The average Bonchev–Trinajstić information content (AvgIpc) is 3.21. The summed E-state index contributed by atoms with van der Waals surface area (Å²) in [5, 5.41) is 0. The molecule has 4 fully saturated rings. The fourth-order valence-electron chi connectivity index (χ4n) is 4.15. The van der Waals surface area contributed by atoms with Crippen LogP contribution in [0, 0.1) is 0 Å². The van der Waals surface area contributed by atoms with Gasteiger partial charge in [0.2, 0.25) is 5.91 Å². The van der Waals surface area contributed by atoms with E-state index in [2.05, 4.69) is 0 Å². The summed E-state index contributed by atoms with van der Waals surface area (Å²) >= 11 is 0. The third-order valence-corrected chi connectivity index (χ3v) is 5.40. The quantitative estimate of drug-likeness (QED) is 0.756. The van der Waals surface area contributed by atoms with E-state index in [1.807, 2.05) is 44.2 Å². The second-order valence-electron chi connectivity index (χ2n) is 7.71. The van der Waals surface area contributed by atoms with Crippen molar-refractivity contribution in [2.75, 3.05) is 6.54 Å². The summed E-state index contributed by atoms with van der Waals surface area (Å²) in [5.74, 6) is -0.574. The van der Waals surface area contributed by atoms with Crippen molar-refractivity contribution in [3.63, 3.8) is 0 Å². The number of hydrogen-bond acceptors (Lipinski definition) is 6.